The first-order valence-electron chi connectivity index (χ1n) is 7.07. The number of benzene rings is 1. The van der Waals surface area contributed by atoms with Gasteiger partial charge in [-0.05, 0) is 44.0 Å². The molecule has 4 heteroatoms. The van der Waals surface area contributed by atoms with Crippen molar-refractivity contribution in [2.75, 3.05) is 13.2 Å². The molecular formula is C15H21BrClNO. The summed E-state index contributed by atoms with van der Waals surface area (Å²) < 4.78 is 6.70. The first-order chi connectivity index (χ1) is 9.25. The van der Waals surface area contributed by atoms with Crippen LogP contribution in [0.1, 0.15) is 38.5 Å². The van der Waals surface area contributed by atoms with E-state index in [2.05, 4.69) is 21.2 Å². The summed E-state index contributed by atoms with van der Waals surface area (Å²) in [5.74, 6) is 0.758. The second kappa shape index (κ2) is 8.13. The van der Waals surface area contributed by atoms with Crippen LogP contribution in [0.2, 0.25) is 5.02 Å². The fourth-order valence-corrected chi connectivity index (χ4v) is 2.97. The SMILES string of the molecule is Clc1ccc(Br)cc1OCCCNC1CCCCC1. The van der Waals surface area contributed by atoms with E-state index in [1.807, 2.05) is 18.2 Å². The van der Waals surface area contributed by atoms with E-state index in [9.17, 15) is 0 Å². The van der Waals surface area contributed by atoms with Crippen LogP contribution in [0.3, 0.4) is 0 Å². The lowest BCUT2D eigenvalue weighted by Gasteiger charge is -2.22. The molecule has 0 aromatic heterocycles. The number of halogens is 2. The Balaban J connectivity index is 1.62. The van der Waals surface area contributed by atoms with Crippen LogP contribution in [0.5, 0.6) is 5.75 Å². The van der Waals surface area contributed by atoms with Crippen molar-refractivity contribution >= 4 is 27.5 Å². The summed E-state index contributed by atoms with van der Waals surface area (Å²) in [5.41, 5.74) is 0. The quantitative estimate of drug-likeness (QED) is 0.747. The van der Waals surface area contributed by atoms with E-state index >= 15 is 0 Å². The highest BCUT2D eigenvalue weighted by Gasteiger charge is 2.11. The van der Waals surface area contributed by atoms with Gasteiger partial charge in [-0.3, -0.25) is 0 Å². The molecule has 1 N–H and O–H groups in total. The van der Waals surface area contributed by atoms with Gasteiger partial charge in [0.2, 0.25) is 0 Å². The van der Waals surface area contributed by atoms with E-state index in [0.717, 1.165) is 29.2 Å². The van der Waals surface area contributed by atoms with Gasteiger partial charge >= 0.3 is 0 Å². The number of rotatable bonds is 6. The zero-order valence-corrected chi connectivity index (χ0v) is 13.5. The molecule has 1 aromatic rings. The van der Waals surface area contributed by atoms with Crippen molar-refractivity contribution in [3.63, 3.8) is 0 Å². The molecule has 0 radical (unpaired) electrons. The third-order valence-electron chi connectivity index (χ3n) is 3.51. The molecule has 0 amide bonds. The number of nitrogens with one attached hydrogen (secondary N) is 1. The first kappa shape index (κ1) is 15.1. The fourth-order valence-electron chi connectivity index (χ4n) is 2.46. The molecule has 0 heterocycles. The van der Waals surface area contributed by atoms with Gasteiger partial charge in [0, 0.05) is 10.5 Å². The lowest BCUT2D eigenvalue weighted by atomic mass is 9.95. The Labute approximate surface area is 129 Å². The van der Waals surface area contributed by atoms with E-state index in [4.69, 9.17) is 16.3 Å². The molecule has 1 saturated carbocycles. The topological polar surface area (TPSA) is 21.3 Å². The lowest BCUT2D eigenvalue weighted by molar-refractivity contribution is 0.297. The van der Waals surface area contributed by atoms with Crippen molar-refractivity contribution in [3.05, 3.63) is 27.7 Å². The van der Waals surface area contributed by atoms with Crippen LogP contribution in [-0.2, 0) is 0 Å². The Kier molecular flexibility index (Phi) is 6.48. The molecule has 0 saturated heterocycles. The molecule has 0 aliphatic heterocycles. The summed E-state index contributed by atoms with van der Waals surface area (Å²) in [6, 6.07) is 6.40. The average molecular weight is 347 g/mol. The Morgan fingerprint density at radius 2 is 2.05 bits per heavy atom. The van der Waals surface area contributed by atoms with Gasteiger partial charge in [-0.15, -0.1) is 0 Å². The number of hydrogen-bond donors (Lipinski definition) is 1. The maximum absolute atomic E-state index is 6.07. The average Bonchev–Trinajstić information content (AvgIpc) is 2.43. The highest BCUT2D eigenvalue weighted by Crippen LogP contribution is 2.27. The van der Waals surface area contributed by atoms with Crippen molar-refractivity contribution in [2.24, 2.45) is 0 Å². The van der Waals surface area contributed by atoms with Crippen molar-refractivity contribution in [2.45, 2.75) is 44.6 Å². The van der Waals surface area contributed by atoms with Crippen molar-refractivity contribution in [1.29, 1.82) is 0 Å². The molecule has 1 aliphatic rings. The van der Waals surface area contributed by atoms with Crippen molar-refractivity contribution in [3.8, 4) is 5.75 Å². The Morgan fingerprint density at radius 1 is 1.26 bits per heavy atom. The Bertz CT molecular complexity index is 394. The Morgan fingerprint density at radius 3 is 2.84 bits per heavy atom. The predicted octanol–water partition coefficient (Wildman–Crippen LogP) is 4.79. The summed E-state index contributed by atoms with van der Waals surface area (Å²) in [6.07, 6.45) is 7.84. The van der Waals surface area contributed by atoms with E-state index in [1.54, 1.807) is 0 Å². The van der Waals surface area contributed by atoms with Gasteiger partial charge in [0.15, 0.2) is 0 Å². The smallest absolute Gasteiger partial charge is 0.139 e. The molecule has 106 valence electrons. The maximum atomic E-state index is 6.07. The lowest BCUT2D eigenvalue weighted by Crippen LogP contribution is -2.32. The summed E-state index contributed by atoms with van der Waals surface area (Å²) in [6.45, 7) is 1.73. The van der Waals surface area contributed by atoms with Crippen LogP contribution in [0.15, 0.2) is 22.7 Å². The van der Waals surface area contributed by atoms with Gasteiger partial charge in [0.1, 0.15) is 5.75 Å². The summed E-state index contributed by atoms with van der Waals surface area (Å²) in [4.78, 5) is 0. The standard InChI is InChI=1S/C15H21BrClNO/c16-12-7-8-14(17)15(11-12)19-10-4-9-18-13-5-2-1-3-6-13/h7-8,11,13,18H,1-6,9-10H2. The summed E-state index contributed by atoms with van der Waals surface area (Å²) >= 11 is 9.49. The first-order valence-corrected chi connectivity index (χ1v) is 8.24. The monoisotopic (exact) mass is 345 g/mol. The third kappa shape index (κ3) is 5.33. The van der Waals surface area contributed by atoms with Crippen molar-refractivity contribution in [1.82, 2.24) is 5.32 Å². The van der Waals surface area contributed by atoms with Crippen molar-refractivity contribution < 1.29 is 4.74 Å². The molecule has 0 atom stereocenters. The third-order valence-corrected chi connectivity index (χ3v) is 4.32. The molecule has 2 nitrogen and oxygen atoms in total. The van der Waals surface area contributed by atoms with Crippen LogP contribution in [0.25, 0.3) is 0 Å². The number of hydrogen-bond acceptors (Lipinski definition) is 2. The second-order valence-electron chi connectivity index (χ2n) is 5.07. The van der Waals surface area contributed by atoms with Gasteiger partial charge < -0.3 is 10.1 Å². The van der Waals surface area contributed by atoms with E-state index < -0.39 is 0 Å². The molecule has 0 spiro atoms. The van der Waals surface area contributed by atoms with Gasteiger partial charge in [-0.1, -0.05) is 46.8 Å². The molecule has 1 aromatic carbocycles. The van der Waals surface area contributed by atoms with Gasteiger partial charge in [0.05, 0.1) is 11.6 Å². The van der Waals surface area contributed by atoms with Crippen LogP contribution in [0, 0.1) is 0 Å². The van der Waals surface area contributed by atoms with Gasteiger partial charge in [-0.2, -0.15) is 0 Å². The molecule has 1 aliphatic carbocycles. The molecule has 0 unspecified atom stereocenters. The Hall–Kier alpha value is -0.250. The van der Waals surface area contributed by atoms with Gasteiger partial charge in [0.25, 0.3) is 0 Å². The zero-order chi connectivity index (χ0) is 13.5. The molecule has 0 bridgehead atoms. The highest BCUT2D eigenvalue weighted by molar-refractivity contribution is 9.10. The normalized spacial score (nSPS) is 16.5. The molecule has 1 fully saturated rings. The molecular weight excluding hydrogens is 326 g/mol. The molecule has 19 heavy (non-hydrogen) atoms. The molecule has 2 rings (SSSR count). The van der Waals surface area contributed by atoms with E-state index in [0.29, 0.717) is 11.6 Å². The summed E-state index contributed by atoms with van der Waals surface area (Å²) in [5, 5.41) is 4.28. The minimum Gasteiger partial charge on any atom is -0.492 e. The second-order valence-corrected chi connectivity index (χ2v) is 6.39. The largest absolute Gasteiger partial charge is 0.492 e. The van der Waals surface area contributed by atoms with Crippen LogP contribution >= 0.6 is 27.5 Å². The minimum atomic E-state index is 0.670. The van der Waals surface area contributed by atoms with E-state index in [-0.39, 0.29) is 0 Å². The van der Waals surface area contributed by atoms with Crippen LogP contribution in [-0.4, -0.2) is 19.2 Å². The zero-order valence-electron chi connectivity index (χ0n) is 11.1. The van der Waals surface area contributed by atoms with Crippen LogP contribution in [0.4, 0.5) is 0 Å². The minimum absolute atomic E-state index is 0.670. The summed E-state index contributed by atoms with van der Waals surface area (Å²) in [7, 11) is 0. The predicted molar refractivity (Wildman–Crippen MR) is 84.1 cm³/mol. The van der Waals surface area contributed by atoms with E-state index in [1.165, 1.54) is 32.1 Å². The van der Waals surface area contributed by atoms with Crippen LogP contribution < -0.4 is 10.1 Å². The highest BCUT2D eigenvalue weighted by atomic mass is 79.9. The van der Waals surface area contributed by atoms with Gasteiger partial charge in [-0.25, -0.2) is 0 Å². The number of ether oxygens (including phenoxy) is 1. The maximum Gasteiger partial charge on any atom is 0.139 e. The fraction of sp³-hybridized carbons (Fsp3) is 0.600.